The molecule has 0 aliphatic heterocycles. The average Bonchev–Trinajstić information content (AvgIpc) is 1.88. The van der Waals surface area contributed by atoms with Gasteiger partial charge in [-0.2, -0.15) is 0 Å². The van der Waals surface area contributed by atoms with Gasteiger partial charge in [-0.1, -0.05) is 27.5 Å². The third kappa shape index (κ3) is 1.55. The minimum Gasteiger partial charge on any atom is -0.145 e. The number of benzene rings is 1. The largest absolute Gasteiger partial charge is 0.145 e. The standard InChI is InChI=1S/C6H3BrClNO/c7-4-1-2-6(9-10)5(8)3-4/h1-3H. The molecular weight excluding hydrogens is 217 g/mol. The summed E-state index contributed by atoms with van der Waals surface area (Å²) in [4.78, 5) is 9.99. The maximum atomic E-state index is 9.99. The first-order valence-electron chi connectivity index (χ1n) is 2.52. The van der Waals surface area contributed by atoms with Crippen molar-refractivity contribution in [3.8, 4) is 0 Å². The average molecular weight is 220 g/mol. The van der Waals surface area contributed by atoms with Gasteiger partial charge in [0.1, 0.15) is 5.69 Å². The van der Waals surface area contributed by atoms with Crippen molar-refractivity contribution in [3.05, 3.63) is 32.6 Å². The molecule has 10 heavy (non-hydrogen) atoms. The van der Waals surface area contributed by atoms with Crippen LogP contribution in [0.15, 0.2) is 27.8 Å². The van der Waals surface area contributed by atoms with Crippen molar-refractivity contribution < 1.29 is 0 Å². The number of halogens is 2. The zero-order valence-corrected chi connectivity index (χ0v) is 7.19. The minimum atomic E-state index is 0.268. The first-order chi connectivity index (χ1) is 4.74. The first kappa shape index (κ1) is 7.69. The molecule has 2 nitrogen and oxygen atoms in total. The predicted octanol–water partition coefficient (Wildman–Crippen LogP) is 3.50. The molecule has 1 aromatic carbocycles. The lowest BCUT2D eigenvalue weighted by atomic mass is 10.3. The molecule has 0 spiro atoms. The van der Waals surface area contributed by atoms with E-state index in [4.69, 9.17) is 11.6 Å². The van der Waals surface area contributed by atoms with Gasteiger partial charge >= 0.3 is 0 Å². The summed E-state index contributed by atoms with van der Waals surface area (Å²) in [5, 5.41) is 3.07. The van der Waals surface area contributed by atoms with E-state index in [1.165, 1.54) is 0 Å². The summed E-state index contributed by atoms with van der Waals surface area (Å²) in [5.41, 5.74) is 0.268. The van der Waals surface area contributed by atoms with E-state index in [0.717, 1.165) is 4.47 Å². The molecule has 1 aromatic rings. The second kappa shape index (κ2) is 3.12. The van der Waals surface area contributed by atoms with Gasteiger partial charge in [0.05, 0.1) is 5.02 Å². The van der Waals surface area contributed by atoms with Crippen molar-refractivity contribution in [3.63, 3.8) is 0 Å². The summed E-state index contributed by atoms with van der Waals surface area (Å²) in [6.07, 6.45) is 0. The van der Waals surface area contributed by atoms with Crippen LogP contribution in [0.4, 0.5) is 5.69 Å². The van der Waals surface area contributed by atoms with Crippen LogP contribution in [0.1, 0.15) is 0 Å². The molecule has 0 heterocycles. The molecule has 4 heteroatoms. The summed E-state index contributed by atoms with van der Waals surface area (Å²) in [7, 11) is 0. The van der Waals surface area contributed by atoms with Crippen molar-refractivity contribution >= 4 is 33.2 Å². The van der Waals surface area contributed by atoms with Gasteiger partial charge in [-0.15, -0.1) is 4.91 Å². The summed E-state index contributed by atoms with van der Waals surface area (Å²) >= 11 is 8.80. The van der Waals surface area contributed by atoms with Crippen LogP contribution in [-0.4, -0.2) is 0 Å². The molecule has 0 unspecified atom stereocenters. The fourth-order valence-electron chi connectivity index (χ4n) is 0.555. The molecule has 0 saturated carbocycles. The molecule has 0 saturated heterocycles. The van der Waals surface area contributed by atoms with Gasteiger partial charge in [0.2, 0.25) is 0 Å². The fourth-order valence-corrected chi connectivity index (χ4v) is 1.26. The summed E-state index contributed by atoms with van der Waals surface area (Å²) in [5.74, 6) is 0. The Morgan fingerprint density at radius 2 is 2.20 bits per heavy atom. The predicted molar refractivity (Wildman–Crippen MR) is 44.6 cm³/mol. The Balaban J connectivity index is 3.19. The van der Waals surface area contributed by atoms with Gasteiger partial charge in [0.25, 0.3) is 0 Å². The van der Waals surface area contributed by atoms with Crippen LogP contribution in [0.5, 0.6) is 0 Å². The van der Waals surface area contributed by atoms with Gasteiger partial charge in [-0.3, -0.25) is 0 Å². The maximum absolute atomic E-state index is 9.99. The van der Waals surface area contributed by atoms with E-state index in [1.54, 1.807) is 18.2 Å². The Morgan fingerprint density at radius 3 is 2.70 bits per heavy atom. The summed E-state index contributed by atoms with van der Waals surface area (Å²) in [6.45, 7) is 0. The van der Waals surface area contributed by atoms with Crippen molar-refractivity contribution in [2.75, 3.05) is 0 Å². The Hall–Kier alpha value is -0.410. The Labute approximate surface area is 71.3 Å². The minimum absolute atomic E-state index is 0.268. The number of nitroso groups, excluding NO2 is 1. The van der Waals surface area contributed by atoms with Crippen molar-refractivity contribution in [1.82, 2.24) is 0 Å². The number of hydrogen-bond acceptors (Lipinski definition) is 2. The smallest absolute Gasteiger partial charge is 0.126 e. The van der Waals surface area contributed by atoms with E-state index in [1.807, 2.05) is 0 Å². The Bertz CT molecular complexity index is 264. The van der Waals surface area contributed by atoms with Gasteiger partial charge in [-0.25, -0.2) is 0 Å². The van der Waals surface area contributed by atoms with Crippen molar-refractivity contribution in [2.45, 2.75) is 0 Å². The highest BCUT2D eigenvalue weighted by Gasteiger charge is 1.98. The SMILES string of the molecule is O=Nc1ccc(Br)cc1Cl. The lowest BCUT2D eigenvalue weighted by Gasteiger charge is -1.92. The zero-order chi connectivity index (χ0) is 7.56. The van der Waals surface area contributed by atoms with Gasteiger partial charge in [-0.05, 0) is 23.4 Å². The Kier molecular flexibility index (Phi) is 2.40. The van der Waals surface area contributed by atoms with Crippen LogP contribution < -0.4 is 0 Å². The number of rotatable bonds is 1. The van der Waals surface area contributed by atoms with E-state index in [0.29, 0.717) is 5.02 Å². The second-order valence-electron chi connectivity index (χ2n) is 1.69. The highest BCUT2D eigenvalue weighted by molar-refractivity contribution is 9.10. The lowest BCUT2D eigenvalue weighted by molar-refractivity contribution is 1.48. The molecule has 0 aliphatic carbocycles. The molecule has 0 atom stereocenters. The molecule has 52 valence electrons. The van der Waals surface area contributed by atoms with E-state index in [9.17, 15) is 4.91 Å². The summed E-state index contributed by atoms with van der Waals surface area (Å²) in [6, 6.07) is 4.89. The zero-order valence-electron chi connectivity index (χ0n) is 4.84. The highest BCUT2D eigenvalue weighted by Crippen LogP contribution is 2.27. The van der Waals surface area contributed by atoms with Crippen LogP contribution in [-0.2, 0) is 0 Å². The molecule has 0 radical (unpaired) electrons. The number of hydrogen-bond donors (Lipinski definition) is 0. The monoisotopic (exact) mass is 219 g/mol. The molecule has 1 rings (SSSR count). The topological polar surface area (TPSA) is 29.4 Å². The van der Waals surface area contributed by atoms with Crippen LogP contribution in [0.2, 0.25) is 5.02 Å². The highest BCUT2D eigenvalue weighted by atomic mass is 79.9. The quantitative estimate of drug-likeness (QED) is 0.666. The van der Waals surface area contributed by atoms with Crippen LogP contribution >= 0.6 is 27.5 Å². The van der Waals surface area contributed by atoms with Crippen LogP contribution in [0, 0.1) is 4.91 Å². The fraction of sp³-hybridized carbons (Fsp3) is 0. The lowest BCUT2D eigenvalue weighted by Crippen LogP contribution is -1.66. The van der Waals surface area contributed by atoms with Gasteiger partial charge in [0.15, 0.2) is 0 Å². The van der Waals surface area contributed by atoms with Crippen LogP contribution in [0.3, 0.4) is 0 Å². The molecule has 0 aliphatic rings. The van der Waals surface area contributed by atoms with Gasteiger partial charge < -0.3 is 0 Å². The van der Waals surface area contributed by atoms with Gasteiger partial charge in [0, 0.05) is 4.47 Å². The van der Waals surface area contributed by atoms with E-state index in [-0.39, 0.29) is 5.69 Å². The second-order valence-corrected chi connectivity index (χ2v) is 3.01. The molecule has 0 aromatic heterocycles. The summed E-state index contributed by atoms with van der Waals surface area (Å²) < 4.78 is 0.838. The van der Waals surface area contributed by atoms with Crippen molar-refractivity contribution in [1.29, 1.82) is 0 Å². The number of nitrogens with zero attached hydrogens (tertiary/aromatic N) is 1. The molecule has 0 N–H and O–H groups in total. The molecule has 0 bridgehead atoms. The van der Waals surface area contributed by atoms with E-state index >= 15 is 0 Å². The van der Waals surface area contributed by atoms with E-state index < -0.39 is 0 Å². The molecular formula is C6H3BrClNO. The van der Waals surface area contributed by atoms with Crippen molar-refractivity contribution in [2.24, 2.45) is 5.18 Å². The molecule has 0 amide bonds. The van der Waals surface area contributed by atoms with Crippen LogP contribution in [0.25, 0.3) is 0 Å². The Morgan fingerprint density at radius 1 is 1.50 bits per heavy atom. The maximum Gasteiger partial charge on any atom is 0.126 e. The van der Waals surface area contributed by atoms with E-state index in [2.05, 4.69) is 21.1 Å². The molecule has 0 fully saturated rings. The third-order valence-corrected chi connectivity index (χ3v) is 1.80. The first-order valence-corrected chi connectivity index (χ1v) is 3.69. The third-order valence-electron chi connectivity index (χ3n) is 1.01. The normalized spacial score (nSPS) is 9.40.